The number of ether oxygens (including phenoxy) is 1. The van der Waals surface area contributed by atoms with Crippen molar-refractivity contribution in [3.05, 3.63) is 55.5 Å². The van der Waals surface area contributed by atoms with Gasteiger partial charge in [0, 0.05) is 20.5 Å². The van der Waals surface area contributed by atoms with E-state index in [4.69, 9.17) is 51.1 Å². The summed E-state index contributed by atoms with van der Waals surface area (Å²) in [5, 5.41) is 1.11. The standard InChI is InChI=1S/C15H8Cl4O2S/c1-21-10-5-8-13(20)15(22-14(8)12(19)11(10)18)7-3-2-6(16)4-9(7)17/h2-5,15H,1H3. The highest BCUT2D eigenvalue weighted by Gasteiger charge is 2.37. The van der Waals surface area contributed by atoms with E-state index >= 15 is 0 Å². The van der Waals surface area contributed by atoms with Crippen LogP contribution in [0.5, 0.6) is 5.75 Å². The zero-order valence-electron chi connectivity index (χ0n) is 11.1. The van der Waals surface area contributed by atoms with Crippen LogP contribution in [0.1, 0.15) is 21.2 Å². The third kappa shape index (κ3) is 2.59. The Morgan fingerprint density at radius 3 is 2.45 bits per heavy atom. The van der Waals surface area contributed by atoms with E-state index in [0.29, 0.717) is 41.9 Å². The van der Waals surface area contributed by atoms with E-state index in [-0.39, 0.29) is 5.78 Å². The SMILES string of the molecule is COc1cc2c(c(Cl)c1Cl)SC(c1ccc(Cl)cc1Cl)C2=O. The van der Waals surface area contributed by atoms with Crippen LogP contribution in [0.3, 0.4) is 0 Å². The second kappa shape index (κ2) is 6.14. The summed E-state index contributed by atoms with van der Waals surface area (Å²) in [5.41, 5.74) is 1.19. The number of fused-ring (bicyclic) bond motifs is 1. The van der Waals surface area contributed by atoms with E-state index in [0.717, 1.165) is 0 Å². The molecule has 0 saturated carbocycles. The minimum absolute atomic E-state index is 0.0823. The number of benzene rings is 2. The molecule has 7 heteroatoms. The fraction of sp³-hybridized carbons (Fsp3) is 0.133. The summed E-state index contributed by atoms with van der Waals surface area (Å²) in [6, 6.07) is 6.68. The van der Waals surface area contributed by atoms with Gasteiger partial charge in [0.1, 0.15) is 10.8 Å². The molecule has 0 spiro atoms. The number of Topliss-reactive ketones (excluding diaryl/α,β-unsaturated/α-hetero) is 1. The van der Waals surface area contributed by atoms with Gasteiger partial charge in [0.05, 0.1) is 17.4 Å². The predicted octanol–water partition coefficient (Wildman–Crippen LogP) is 6.34. The summed E-state index contributed by atoms with van der Waals surface area (Å²) in [7, 11) is 1.48. The molecule has 2 nitrogen and oxygen atoms in total. The van der Waals surface area contributed by atoms with E-state index in [2.05, 4.69) is 0 Å². The van der Waals surface area contributed by atoms with Crippen LogP contribution in [0.25, 0.3) is 0 Å². The monoisotopic (exact) mass is 392 g/mol. The Bertz CT molecular complexity index is 792. The number of hydrogen-bond acceptors (Lipinski definition) is 3. The normalized spacial score (nSPS) is 16.8. The summed E-state index contributed by atoms with van der Waals surface area (Å²) in [6.07, 6.45) is 0. The van der Waals surface area contributed by atoms with Crippen molar-refractivity contribution in [1.29, 1.82) is 0 Å². The zero-order valence-corrected chi connectivity index (χ0v) is 15.0. The van der Waals surface area contributed by atoms with Gasteiger partial charge in [-0.15, -0.1) is 11.8 Å². The van der Waals surface area contributed by atoms with Crippen molar-refractivity contribution in [2.75, 3.05) is 7.11 Å². The van der Waals surface area contributed by atoms with Gasteiger partial charge in [-0.1, -0.05) is 52.5 Å². The minimum atomic E-state index is -0.472. The molecule has 2 aromatic rings. The third-order valence-corrected chi connectivity index (χ3v) is 6.22. The molecule has 0 radical (unpaired) electrons. The van der Waals surface area contributed by atoms with Gasteiger partial charge in [-0.05, 0) is 23.8 Å². The Kier molecular flexibility index (Phi) is 4.54. The quantitative estimate of drug-likeness (QED) is 0.595. The lowest BCUT2D eigenvalue weighted by atomic mass is 10.0. The highest BCUT2D eigenvalue weighted by Crippen LogP contribution is 2.54. The summed E-state index contributed by atoms with van der Waals surface area (Å²) in [5.74, 6) is 0.295. The molecular formula is C15H8Cl4O2S. The Labute approximate surface area is 151 Å². The number of carbonyl (C=O) groups is 1. The van der Waals surface area contributed by atoms with Crippen molar-refractivity contribution in [3.8, 4) is 5.75 Å². The molecule has 2 aromatic carbocycles. The van der Waals surface area contributed by atoms with Crippen LogP contribution in [0.15, 0.2) is 29.2 Å². The van der Waals surface area contributed by atoms with Crippen LogP contribution in [0.2, 0.25) is 20.1 Å². The van der Waals surface area contributed by atoms with Crippen molar-refractivity contribution in [3.63, 3.8) is 0 Å². The molecule has 0 bridgehead atoms. The number of carbonyl (C=O) groups excluding carboxylic acids is 1. The van der Waals surface area contributed by atoms with E-state index in [9.17, 15) is 4.79 Å². The molecule has 1 aliphatic heterocycles. The lowest BCUT2D eigenvalue weighted by Gasteiger charge is -2.10. The third-order valence-electron chi connectivity index (χ3n) is 3.33. The maximum absolute atomic E-state index is 12.7. The molecule has 0 saturated heterocycles. The Hall–Kier alpha value is -0.580. The van der Waals surface area contributed by atoms with Gasteiger partial charge >= 0.3 is 0 Å². The summed E-state index contributed by atoms with van der Waals surface area (Å²) < 4.78 is 5.16. The maximum atomic E-state index is 12.7. The summed E-state index contributed by atoms with van der Waals surface area (Å²) in [4.78, 5) is 13.3. The lowest BCUT2D eigenvalue weighted by Crippen LogP contribution is -2.04. The van der Waals surface area contributed by atoms with Gasteiger partial charge in [-0.25, -0.2) is 0 Å². The van der Waals surface area contributed by atoms with Gasteiger partial charge in [0.15, 0.2) is 5.78 Å². The lowest BCUT2D eigenvalue weighted by molar-refractivity contribution is 0.0991. The molecule has 0 aliphatic carbocycles. The predicted molar refractivity (Wildman–Crippen MR) is 92.4 cm³/mol. The molecule has 1 aliphatic rings. The minimum Gasteiger partial charge on any atom is -0.495 e. The second-order valence-electron chi connectivity index (χ2n) is 4.61. The summed E-state index contributed by atoms with van der Waals surface area (Å²) in [6.45, 7) is 0. The van der Waals surface area contributed by atoms with E-state index in [1.54, 1.807) is 24.3 Å². The van der Waals surface area contributed by atoms with Crippen LogP contribution < -0.4 is 4.74 Å². The maximum Gasteiger partial charge on any atom is 0.181 e. The van der Waals surface area contributed by atoms with Crippen LogP contribution in [-0.4, -0.2) is 12.9 Å². The van der Waals surface area contributed by atoms with Crippen molar-refractivity contribution in [2.24, 2.45) is 0 Å². The van der Waals surface area contributed by atoms with E-state index < -0.39 is 5.25 Å². The number of hydrogen-bond donors (Lipinski definition) is 0. The average Bonchev–Trinajstić information content (AvgIpc) is 2.80. The van der Waals surface area contributed by atoms with Gasteiger partial charge in [0.25, 0.3) is 0 Å². The van der Waals surface area contributed by atoms with E-state index in [1.165, 1.54) is 18.9 Å². The largest absolute Gasteiger partial charge is 0.495 e. The molecule has 0 amide bonds. The highest BCUT2D eigenvalue weighted by molar-refractivity contribution is 8.01. The summed E-state index contributed by atoms with van der Waals surface area (Å²) >= 11 is 25.9. The van der Waals surface area contributed by atoms with Crippen molar-refractivity contribution in [2.45, 2.75) is 10.1 Å². The molecular weight excluding hydrogens is 386 g/mol. The number of halogens is 4. The Balaban J connectivity index is 2.10. The van der Waals surface area contributed by atoms with Gasteiger partial charge in [-0.2, -0.15) is 0 Å². The first kappa shape index (κ1) is 16.3. The topological polar surface area (TPSA) is 26.3 Å². The molecule has 0 aromatic heterocycles. The van der Waals surface area contributed by atoms with E-state index in [1.807, 2.05) is 0 Å². The Morgan fingerprint density at radius 2 is 1.82 bits per heavy atom. The number of methoxy groups -OCH3 is 1. The fourth-order valence-corrected chi connectivity index (χ4v) is 4.75. The van der Waals surface area contributed by atoms with Crippen molar-refractivity contribution in [1.82, 2.24) is 0 Å². The van der Waals surface area contributed by atoms with Crippen LogP contribution in [-0.2, 0) is 0 Å². The van der Waals surface area contributed by atoms with Crippen molar-refractivity contribution >= 4 is 63.9 Å². The van der Waals surface area contributed by atoms with Gasteiger partial charge in [-0.3, -0.25) is 4.79 Å². The molecule has 1 heterocycles. The van der Waals surface area contributed by atoms with Gasteiger partial charge < -0.3 is 4.74 Å². The molecule has 0 N–H and O–H groups in total. The second-order valence-corrected chi connectivity index (χ2v) is 7.33. The first-order chi connectivity index (χ1) is 10.4. The number of thioether (sulfide) groups is 1. The molecule has 1 unspecified atom stereocenters. The molecule has 0 fully saturated rings. The van der Waals surface area contributed by atoms with Crippen LogP contribution in [0, 0.1) is 0 Å². The molecule has 3 rings (SSSR count). The van der Waals surface area contributed by atoms with Crippen LogP contribution >= 0.6 is 58.2 Å². The zero-order chi connectivity index (χ0) is 16.0. The highest BCUT2D eigenvalue weighted by atomic mass is 35.5. The molecule has 22 heavy (non-hydrogen) atoms. The van der Waals surface area contributed by atoms with Crippen LogP contribution in [0.4, 0.5) is 0 Å². The van der Waals surface area contributed by atoms with Gasteiger partial charge in [0.2, 0.25) is 0 Å². The average molecular weight is 394 g/mol. The Morgan fingerprint density at radius 1 is 1.09 bits per heavy atom. The fourth-order valence-electron chi connectivity index (χ4n) is 2.26. The molecule has 114 valence electrons. The number of ketones is 1. The number of rotatable bonds is 2. The molecule has 1 atom stereocenters. The van der Waals surface area contributed by atoms with Crippen molar-refractivity contribution < 1.29 is 9.53 Å². The smallest absolute Gasteiger partial charge is 0.181 e. The first-order valence-corrected chi connectivity index (χ1v) is 8.55. The first-order valence-electron chi connectivity index (χ1n) is 6.15.